The Morgan fingerprint density at radius 3 is 2.35 bits per heavy atom. The van der Waals surface area contributed by atoms with E-state index in [0.29, 0.717) is 6.04 Å². The van der Waals surface area contributed by atoms with Gasteiger partial charge in [-0.25, -0.2) is 0 Å². The van der Waals surface area contributed by atoms with Crippen LogP contribution in [0.2, 0.25) is 0 Å². The maximum atomic E-state index is 3.57. The molecule has 0 aliphatic heterocycles. The second-order valence-electron chi connectivity index (χ2n) is 4.97. The molecule has 0 radical (unpaired) electrons. The highest BCUT2D eigenvalue weighted by Crippen LogP contribution is 2.34. The molecule has 1 atom stereocenters. The van der Waals surface area contributed by atoms with Gasteiger partial charge in [-0.2, -0.15) is 0 Å². The largest absolute Gasteiger partial charge is 0.310 e. The van der Waals surface area contributed by atoms with Gasteiger partial charge in [0.1, 0.15) is 0 Å². The molecule has 1 nitrogen and oxygen atoms in total. The average molecular weight is 285 g/mol. The second-order valence-corrected chi connectivity index (χ2v) is 6.09. The fraction of sp³-hybridized carbons (Fsp3) is 0.333. The molecule has 0 fully saturated rings. The van der Waals surface area contributed by atoms with Crippen molar-refractivity contribution in [2.75, 3.05) is 6.54 Å². The van der Waals surface area contributed by atoms with Gasteiger partial charge in [0.25, 0.3) is 0 Å². The molecule has 0 saturated heterocycles. The van der Waals surface area contributed by atoms with E-state index >= 15 is 0 Å². The summed E-state index contributed by atoms with van der Waals surface area (Å²) in [6.45, 7) is 7.53. The van der Waals surface area contributed by atoms with Gasteiger partial charge in [-0.1, -0.05) is 61.5 Å². The minimum absolute atomic E-state index is 0.439. The number of aryl methyl sites for hydroxylation is 1. The first kappa shape index (κ1) is 15.1. The summed E-state index contributed by atoms with van der Waals surface area (Å²) in [5.74, 6) is 0. The number of rotatable bonds is 6. The zero-order chi connectivity index (χ0) is 14.4. The average Bonchev–Trinajstić information content (AvgIpc) is 2.48. The van der Waals surface area contributed by atoms with E-state index in [1.807, 2.05) is 11.8 Å². The van der Waals surface area contributed by atoms with Gasteiger partial charge in [0.2, 0.25) is 0 Å². The van der Waals surface area contributed by atoms with Gasteiger partial charge >= 0.3 is 0 Å². The highest BCUT2D eigenvalue weighted by Gasteiger charge is 2.12. The Hall–Kier alpha value is -1.25. The molecule has 20 heavy (non-hydrogen) atoms. The van der Waals surface area contributed by atoms with Crippen LogP contribution in [0.1, 0.15) is 37.4 Å². The van der Waals surface area contributed by atoms with Crippen LogP contribution in [0.25, 0.3) is 0 Å². The number of hydrogen-bond acceptors (Lipinski definition) is 2. The molecule has 0 spiro atoms. The zero-order valence-electron chi connectivity index (χ0n) is 12.5. The second kappa shape index (κ2) is 7.51. The molecule has 0 saturated carbocycles. The maximum Gasteiger partial charge on any atom is 0.0328 e. The molecule has 2 aromatic rings. The highest BCUT2D eigenvalue weighted by molar-refractivity contribution is 7.99. The quantitative estimate of drug-likeness (QED) is 0.782. The summed E-state index contributed by atoms with van der Waals surface area (Å²) in [5, 5.41) is 3.57. The molecule has 106 valence electrons. The van der Waals surface area contributed by atoms with Crippen LogP contribution in [0, 0.1) is 6.92 Å². The van der Waals surface area contributed by atoms with E-state index in [1.54, 1.807) is 0 Å². The van der Waals surface area contributed by atoms with E-state index in [9.17, 15) is 0 Å². The predicted octanol–water partition coefficient (Wildman–Crippen LogP) is 5.21. The van der Waals surface area contributed by atoms with Crippen LogP contribution < -0.4 is 5.32 Å². The van der Waals surface area contributed by atoms with Crippen LogP contribution in [0.15, 0.2) is 58.3 Å². The van der Waals surface area contributed by atoms with Crippen molar-refractivity contribution in [2.24, 2.45) is 0 Å². The van der Waals surface area contributed by atoms with Crippen molar-refractivity contribution in [1.82, 2.24) is 5.32 Å². The molecule has 0 aliphatic rings. The van der Waals surface area contributed by atoms with Gasteiger partial charge in [0.05, 0.1) is 0 Å². The van der Waals surface area contributed by atoms with Crippen LogP contribution in [0.3, 0.4) is 0 Å². The fourth-order valence-electron chi connectivity index (χ4n) is 2.32. The molecular weight excluding hydrogens is 262 g/mol. The lowest BCUT2D eigenvalue weighted by molar-refractivity contribution is 0.530. The lowest BCUT2D eigenvalue weighted by Crippen LogP contribution is -2.20. The summed E-state index contributed by atoms with van der Waals surface area (Å²) < 4.78 is 0. The number of nitrogens with one attached hydrogen (secondary N) is 1. The molecule has 0 aromatic heterocycles. The third kappa shape index (κ3) is 3.87. The standard InChI is InChI=1S/C18H23NS/c1-4-17(19-5-2)16-8-6-7-9-18(16)20-15-12-10-14(3)11-13-15/h6-13,17,19H,4-5H2,1-3H3. The summed E-state index contributed by atoms with van der Waals surface area (Å²) >= 11 is 1.85. The first-order valence-electron chi connectivity index (χ1n) is 7.31. The number of benzene rings is 2. The van der Waals surface area contributed by atoms with Gasteiger partial charge in [-0.05, 0) is 43.7 Å². The third-order valence-electron chi connectivity index (χ3n) is 3.40. The van der Waals surface area contributed by atoms with E-state index in [-0.39, 0.29) is 0 Å². The predicted molar refractivity (Wildman–Crippen MR) is 88.5 cm³/mol. The molecule has 2 rings (SSSR count). The lowest BCUT2D eigenvalue weighted by Gasteiger charge is -2.19. The SMILES string of the molecule is CCNC(CC)c1ccccc1Sc1ccc(C)cc1. The molecule has 0 amide bonds. The Balaban J connectivity index is 2.25. The minimum Gasteiger partial charge on any atom is -0.310 e. The minimum atomic E-state index is 0.439. The van der Waals surface area contributed by atoms with Crippen LogP contribution >= 0.6 is 11.8 Å². The highest BCUT2D eigenvalue weighted by atomic mass is 32.2. The summed E-state index contributed by atoms with van der Waals surface area (Å²) in [7, 11) is 0. The smallest absolute Gasteiger partial charge is 0.0328 e. The van der Waals surface area contributed by atoms with Crippen molar-refractivity contribution in [3.8, 4) is 0 Å². The molecular formula is C18H23NS. The first-order chi connectivity index (χ1) is 9.74. The Bertz CT molecular complexity index is 533. The van der Waals surface area contributed by atoms with Crippen molar-refractivity contribution in [3.05, 3.63) is 59.7 Å². The van der Waals surface area contributed by atoms with Gasteiger partial charge in [0, 0.05) is 15.8 Å². The topological polar surface area (TPSA) is 12.0 Å². The Kier molecular flexibility index (Phi) is 5.69. The molecule has 1 N–H and O–H groups in total. The van der Waals surface area contributed by atoms with Crippen LogP contribution in [0.5, 0.6) is 0 Å². The molecule has 0 bridgehead atoms. The number of hydrogen-bond donors (Lipinski definition) is 1. The summed E-state index contributed by atoms with van der Waals surface area (Å²) in [4.78, 5) is 2.65. The van der Waals surface area contributed by atoms with Crippen molar-refractivity contribution in [2.45, 2.75) is 43.0 Å². The van der Waals surface area contributed by atoms with Crippen LogP contribution in [-0.4, -0.2) is 6.54 Å². The molecule has 2 heteroatoms. The van der Waals surface area contributed by atoms with E-state index in [4.69, 9.17) is 0 Å². The Morgan fingerprint density at radius 2 is 1.70 bits per heavy atom. The fourth-order valence-corrected chi connectivity index (χ4v) is 3.32. The van der Waals surface area contributed by atoms with Gasteiger partial charge in [0.15, 0.2) is 0 Å². The maximum absolute atomic E-state index is 3.57. The van der Waals surface area contributed by atoms with Gasteiger partial charge < -0.3 is 5.32 Å². The van der Waals surface area contributed by atoms with Crippen LogP contribution in [-0.2, 0) is 0 Å². The van der Waals surface area contributed by atoms with E-state index in [2.05, 4.69) is 74.6 Å². The molecule has 2 aromatic carbocycles. The van der Waals surface area contributed by atoms with Crippen molar-refractivity contribution in [1.29, 1.82) is 0 Å². The van der Waals surface area contributed by atoms with Gasteiger partial charge in [-0.3, -0.25) is 0 Å². The molecule has 0 heterocycles. The molecule has 1 unspecified atom stereocenters. The van der Waals surface area contributed by atoms with Crippen molar-refractivity contribution >= 4 is 11.8 Å². The molecule has 0 aliphatic carbocycles. The first-order valence-corrected chi connectivity index (χ1v) is 8.13. The Labute approximate surface area is 126 Å². The Morgan fingerprint density at radius 1 is 1.00 bits per heavy atom. The summed E-state index contributed by atoms with van der Waals surface area (Å²) in [5.41, 5.74) is 2.71. The third-order valence-corrected chi connectivity index (χ3v) is 4.50. The lowest BCUT2D eigenvalue weighted by atomic mass is 10.0. The van der Waals surface area contributed by atoms with Crippen LogP contribution in [0.4, 0.5) is 0 Å². The van der Waals surface area contributed by atoms with Crippen molar-refractivity contribution < 1.29 is 0 Å². The van der Waals surface area contributed by atoms with E-state index < -0.39 is 0 Å². The van der Waals surface area contributed by atoms with Gasteiger partial charge in [-0.15, -0.1) is 0 Å². The summed E-state index contributed by atoms with van der Waals surface area (Å²) in [6.07, 6.45) is 1.11. The monoisotopic (exact) mass is 285 g/mol. The van der Waals surface area contributed by atoms with E-state index in [0.717, 1.165) is 13.0 Å². The van der Waals surface area contributed by atoms with E-state index in [1.165, 1.54) is 20.9 Å². The normalized spacial score (nSPS) is 12.3. The van der Waals surface area contributed by atoms with Crippen molar-refractivity contribution in [3.63, 3.8) is 0 Å². The summed E-state index contributed by atoms with van der Waals surface area (Å²) in [6, 6.07) is 17.9. The zero-order valence-corrected chi connectivity index (χ0v) is 13.3.